The van der Waals surface area contributed by atoms with Crippen LogP contribution in [0.1, 0.15) is 55.8 Å². The average molecular weight is 460 g/mol. The summed E-state index contributed by atoms with van der Waals surface area (Å²) in [5.74, 6) is -2.70. The first-order valence-corrected chi connectivity index (χ1v) is 10.7. The van der Waals surface area contributed by atoms with Gasteiger partial charge in [-0.3, -0.25) is 9.59 Å². The van der Waals surface area contributed by atoms with Crippen LogP contribution in [-0.4, -0.2) is 53.2 Å². The zero-order chi connectivity index (χ0) is 24.3. The van der Waals surface area contributed by atoms with Crippen LogP contribution in [0.5, 0.6) is 0 Å². The van der Waals surface area contributed by atoms with Crippen molar-refractivity contribution in [1.82, 2.24) is 10.4 Å². The molecule has 0 aromatic heterocycles. The lowest BCUT2D eigenvalue weighted by atomic mass is 10.0. The Hall–Kier alpha value is -3.69. The van der Waals surface area contributed by atoms with Crippen LogP contribution in [0.4, 0.5) is 4.79 Å². The van der Waals surface area contributed by atoms with Gasteiger partial charge in [0.15, 0.2) is 0 Å². The number of nitrogens with one attached hydrogen (secondary N) is 1. The minimum Gasteiger partial charge on any atom is -0.478 e. The normalized spacial score (nSPS) is 16.1. The number of alkyl carbamates (subject to hydrolysis) is 1. The second-order valence-corrected chi connectivity index (χ2v) is 7.64. The monoisotopic (exact) mass is 460 g/mol. The molecule has 0 bridgehead atoms. The van der Waals surface area contributed by atoms with Gasteiger partial charge in [-0.05, 0) is 43.7 Å². The highest BCUT2D eigenvalue weighted by Crippen LogP contribution is 2.50. The Morgan fingerprint density at radius 3 is 2.27 bits per heavy atom. The van der Waals surface area contributed by atoms with Crippen LogP contribution in [0.15, 0.2) is 42.5 Å². The molecule has 33 heavy (non-hydrogen) atoms. The molecule has 1 heterocycles. The lowest BCUT2D eigenvalue weighted by Gasteiger charge is -2.13. The zero-order valence-corrected chi connectivity index (χ0v) is 18.5. The third-order valence-electron chi connectivity index (χ3n) is 5.06. The van der Waals surface area contributed by atoms with E-state index in [2.05, 4.69) is 16.2 Å². The Balaban J connectivity index is 0.000000357. The smallest absolute Gasteiger partial charge is 0.407 e. The van der Waals surface area contributed by atoms with Crippen molar-refractivity contribution in [3.05, 3.63) is 48.0 Å². The van der Waals surface area contributed by atoms with Gasteiger partial charge in [0.1, 0.15) is 0 Å². The van der Waals surface area contributed by atoms with Crippen molar-refractivity contribution in [2.45, 2.75) is 45.4 Å². The number of carboxylic acid groups (broad SMARTS) is 1. The highest BCUT2D eigenvalue weighted by molar-refractivity contribution is 6.01. The largest absolute Gasteiger partial charge is 0.478 e. The first-order valence-electron chi connectivity index (χ1n) is 10.7. The van der Waals surface area contributed by atoms with Crippen LogP contribution in [0.25, 0.3) is 0 Å². The fraction of sp³-hybridized carbons (Fsp3) is 0.435. The molecule has 178 valence electrons. The molecule has 0 spiro atoms. The maximum absolute atomic E-state index is 11.5. The Bertz CT molecular complexity index is 877. The fourth-order valence-corrected chi connectivity index (χ4v) is 3.06. The summed E-state index contributed by atoms with van der Waals surface area (Å²) in [7, 11) is 0. The van der Waals surface area contributed by atoms with E-state index in [9.17, 15) is 24.0 Å². The number of amides is 3. The lowest BCUT2D eigenvalue weighted by Crippen LogP contribution is -2.34. The van der Waals surface area contributed by atoms with Gasteiger partial charge in [0, 0.05) is 19.4 Å². The van der Waals surface area contributed by atoms with Gasteiger partial charge in [0.25, 0.3) is 11.8 Å². The summed E-state index contributed by atoms with van der Waals surface area (Å²) in [6.45, 7) is 2.29. The third-order valence-corrected chi connectivity index (χ3v) is 5.06. The number of aromatic carboxylic acids is 1. The van der Waals surface area contributed by atoms with Crippen molar-refractivity contribution in [3.63, 3.8) is 0 Å². The Kier molecular flexibility index (Phi) is 9.59. The molecule has 1 saturated carbocycles. The molecular weight excluding hydrogens is 432 g/mol. The number of hydroxylamine groups is 2. The molecule has 2 fully saturated rings. The molecule has 1 aromatic carbocycles. The van der Waals surface area contributed by atoms with Crippen molar-refractivity contribution in [3.8, 4) is 0 Å². The third kappa shape index (κ3) is 8.76. The van der Waals surface area contributed by atoms with E-state index in [1.54, 1.807) is 30.3 Å². The molecule has 3 rings (SSSR count). The molecule has 1 aliphatic carbocycles. The van der Waals surface area contributed by atoms with E-state index in [0.29, 0.717) is 17.2 Å². The van der Waals surface area contributed by atoms with Crippen molar-refractivity contribution in [2.24, 2.45) is 5.41 Å². The minimum atomic E-state index is -0.879. The first-order chi connectivity index (χ1) is 15.8. The van der Waals surface area contributed by atoms with Crippen molar-refractivity contribution in [1.29, 1.82) is 0 Å². The molecule has 3 amide bonds. The average Bonchev–Trinajstić information content (AvgIpc) is 3.48. The standard InChI is InChI=1S/C16H22N2O6.C7H6O2/c1-2-6-16(7-8-16)9-11-23-15(22)17-10-5-14(21)24-18-12(19)3-4-13(18)20;8-7(9)6-4-2-1-3-5-6/h2,6H,3-5,7-11H2,1H3,(H,17,22);1-5H,(H,8,9)/b6-2+;. The molecule has 2 N–H and O–H groups in total. The summed E-state index contributed by atoms with van der Waals surface area (Å²) in [6.07, 6.45) is 6.49. The van der Waals surface area contributed by atoms with Crippen molar-refractivity contribution < 1.29 is 38.7 Å². The number of allylic oxidation sites excluding steroid dienone is 2. The van der Waals surface area contributed by atoms with Gasteiger partial charge in [-0.1, -0.05) is 30.4 Å². The second-order valence-electron chi connectivity index (χ2n) is 7.64. The van der Waals surface area contributed by atoms with Gasteiger partial charge in [0.2, 0.25) is 0 Å². The summed E-state index contributed by atoms with van der Waals surface area (Å²) >= 11 is 0. The number of carbonyl (C=O) groups is 5. The molecule has 2 aliphatic rings. The number of nitrogens with zero attached hydrogens (tertiary/aromatic N) is 1. The molecule has 0 radical (unpaired) electrons. The van der Waals surface area contributed by atoms with Gasteiger partial charge in [0.05, 0.1) is 18.6 Å². The summed E-state index contributed by atoms with van der Waals surface area (Å²) in [4.78, 5) is 60.5. The number of hydrogen-bond donors (Lipinski definition) is 2. The van der Waals surface area contributed by atoms with Crippen molar-refractivity contribution >= 4 is 29.8 Å². The Morgan fingerprint density at radius 2 is 1.76 bits per heavy atom. The minimum absolute atomic E-state index is 0.00783. The number of ether oxygens (including phenoxy) is 1. The number of rotatable bonds is 9. The fourth-order valence-electron chi connectivity index (χ4n) is 3.06. The molecule has 1 aromatic rings. The van der Waals surface area contributed by atoms with E-state index in [4.69, 9.17) is 9.84 Å². The predicted molar refractivity (Wildman–Crippen MR) is 116 cm³/mol. The summed E-state index contributed by atoms with van der Waals surface area (Å²) in [5.41, 5.74) is 0.519. The quantitative estimate of drug-likeness (QED) is 0.424. The van der Waals surface area contributed by atoms with Gasteiger partial charge in [-0.25, -0.2) is 14.4 Å². The molecule has 0 unspecified atom stereocenters. The maximum Gasteiger partial charge on any atom is 0.407 e. The number of benzene rings is 1. The Morgan fingerprint density at radius 1 is 1.12 bits per heavy atom. The lowest BCUT2D eigenvalue weighted by molar-refractivity contribution is -0.197. The maximum atomic E-state index is 11.5. The van der Waals surface area contributed by atoms with Crippen LogP contribution in [-0.2, 0) is 24.0 Å². The summed E-state index contributed by atoms with van der Waals surface area (Å²) in [6, 6.07) is 8.30. The highest BCUT2D eigenvalue weighted by atomic mass is 16.7. The van der Waals surface area contributed by atoms with Gasteiger partial charge >= 0.3 is 18.0 Å². The molecule has 0 atom stereocenters. The van der Waals surface area contributed by atoms with Crippen molar-refractivity contribution in [2.75, 3.05) is 13.2 Å². The molecule has 1 saturated heterocycles. The number of imide groups is 1. The SMILES string of the molecule is C/C=C/C1(CCOC(=O)NCCC(=O)ON2C(=O)CCC2=O)CC1.O=C(O)c1ccccc1. The predicted octanol–water partition coefficient (Wildman–Crippen LogP) is 2.84. The highest BCUT2D eigenvalue weighted by Gasteiger charge is 2.39. The van der Waals surface area contributed by atoms with E-state index < -0.39 is 29.8 Å². The van der Waals surface area contributed by atoms with Gasteiger partial charge < -0.3 is 20.0 Å². The Labute approximate surface area is 191 Å². The van der Waals surface area contributed by atoms with E-state index in [0.717, 1.165) is 19.3 Å². The number of carboxylic acids is 1. The van der Waals surface area contributed by atoms with Crippen LogP contribution < -0.4 is 5.32 Å². The van der Waals surface area contributed by atoms with Crippen LogP contribution in [0, 0.1) is 5.41 Å². The number of carbonyl (C=O) groups excluding carboxylic acids is 4. The zero-order valence-electron chi connectivity index (χ0n) is 18.5. The number of hydrogen-bond acceptors (Lipinski definition) is 7. The van der Waals surface area contributed by atoms with E-state index in [-0.39, 0.29) is 31.2 Å². The van der Waals surface area contributed by atoms with Crippen LogP contribution >= 0.6 is 0 Å². The van der Waals surface area contributed by atoms with E-state index in [1.165, 1.54) is 0 Å². The second kappa shape index (κ2) is 12.4. The van der Waals surface area contributed by atoms with Gasteiger partial charge in [-0.2, -0.15) is 0 Å². The molecule has 10 heteroatoms. The molecule has 1 aliphatic heterocycles. The van der Waals surface area contributed by atoms with Crippen LogP contribution in [0.3, 0.4) is 0 Å². The van der Waals surface area contributed by atoms with E-state index in [1.807, 2.05) is 13.0 Å². The molecule has 10 nitrogen and oxygen atoms in total. The summed E-state index contributed by atoms with van der Waals surface area (Å²) in [5, 5.41) is 11.3. The van der Waals surface area contributed by atoms with E-state index >= 15 is 0 Å². The molecular formula is C23H28N2O8. The van der Waals surface area contributed by atoms with Gasteiger partial charge in [-0.15, -0.1) is 5.06 Å². The van der Waals surface area contributed by atoms with Crippen LogP contribution in [0.2, 0.25) is 0 Å². The first kappa shape index (κ1) is 25.6. The summed E-state index contributed by atoms with van der Waals surface area (Å²) < 4.78 is 5.06. The topological polar surface area (TPSA) is 139 Å².